The molecule has 19 heavy (non-hydrogen) atoms. The molecule has 0 aliphatic heterocycles. The molecule has 100 valence electrons. The third-order valence-electron chi connectivity index (χ3n) is 2.71. The van der Waals surface area contributed by atoms with E-state index in [1.807, 2.05) is 0 Å². The predicted octanol–water partition coefficient (Wildman–Crippen LogP) is 3.82. The van der Waals surface area contributed by atoms with Crippen LogP contribution in [0.4, 0.5) is 8.78 Å². The van der Waals surface area contributed by atoms with Gasteiger partial charge in [-0.05, 0) is 29.8 Å². The quantitative estimate of drug-likeness (QED) is 0.928. The lowest BCUT2D eigenvalue weighted by atomic mass is 10.0. The molecule has 2 nitrogen and oxygen atoms in total. The van der Waals surface area contributed by atoms with Crippen molar-refractivity contribution in [2.45, 2.75) is 6.10 Å². The van der Waals surface area contributed by atoms with Crippen LogP contribution in [0.2, 0.25) is 0 Å². The molecule has 2 aromatic carbocycles. The van der Waals surface area contributed by atoms with Gasteiger partial charge in [0.05, 0.1) is 7.11 Å². The Labute approximate surface area is 117 Å². The Bertz CT molecular complexity index is 582. The zero-order valence-corrected chi connectivity index (χ0v) is 11.6. The highest BCUT2D eigenvalue weighted by molar-refractivity contribution is 9.10. The highest BCUT2D eigenvalue weighted by atomic mass is 79.9. The van der Waals surface area contributed by atoms with Gasteiger partial charge in [-0.2, -0.15) is 0 Å². The van der Waals surface area contributed by atoms with E-state index in [0.29, 0.717) is 4.47 Å². The highest BCUT2D eigenvalue weighted by Crippen LogP contribution is 2.30. The summed E-state index contributed by atoms with van der Waals surface area (Å²) in [6.45, 7) is 0. The van der Waals surface area contributed by atoms with Crippen LogP contribution in [0.25, 0.3) is 0 Å². The van der Waals surface area contributed by atoms with Crippen molar-refractivity contribution >= 4 is 15.9 Å². The second kappa shape index (κ2) is 5.67. The van der Waals surface area contributed by atoms with Gasteiger partial charge >= 0.3 is 0 Å². The summed E-state index contributed by atoms with van der Waals surface area (Å²) in [5, 5.41) is 10.2. The molecule has 0 bridgehead atoms. The lowest BCUT2D eigenvalue weighted by molar-refractivity contribution is 0.212. The first-order valence-corrected chi connectivity index (χ1v) is 6.28. The van der Waals surface area contributed by atoms with Gasteiger partial charge in [0.1, 0.15) is 11.9 Å². The molecule has 0 saturated heterocycles. The smallest absolute Gasteiger partial charge is 0.171 e. The van der Waals surface area contributed by atoms with Crippen LogP contribution in [0.3, 0.4) is 0 Å². The van der Waals surface area contributed by atoms with E-state index in [9.17, 15) is 13.9 Å². The predicted molar refractivity (Wildman–Crippen MR) is 71.1 cm³/mol. The number of benzene rings is 2. The molecule has 2 rings (SSSR count). The largest absolute Gasteiger partial charge is 0.494 e. The number of ether oxygens (including phenoxy) is 1. The molecule has 0 aromatic heterocycles. The normalized spacial score (nSPS) is 12.3. The van der Waals surface area contributed by atoms with Crippen molar-refractivity contribution in [1.29, 1.82) is 0 Å². The van der Waals surface area contributed by atoms with Gasteiger partial charge in [-0.1, -0.05) is 28.1 Å². The number of methoxy groups -OCH3 is 1. The molecule has 2 aromatic rings. The van der Waals surface area contributed by atoms with Gasteiger partial charge < -0.3 is 9.84 Å². The van der Waals surface area contributed by atoms with Crippen molar-refractivity contribution in [2.24, 2.45) is 0 Å². The second-order valence-electron chi connectivity index (χ2n) is 3.97. The van der Waals surface area contributed by atoms with Crippen LogP contribution in [-0.4, -0.2) is 12.2 Å². The minimum absolute atomic E-state index is 0.0343. The summed E-state index contributed by atoms with van der Waals surface area (Å²) in [5.41, 5.74) is 0.302. The molecule has 0 heterocycles. The molecule has 5 heteroatoms. The zero-order valence-electron chi connectivity index (χ0n) is 10.0. The minimum Gasteiger partial charge on any atom is -0.494 e. The van der Waals surface area contributed by atoms with Crippen LogP contribution in [0.1, 0.15) is 17.2 Å². The van der Waals surface area contributed by atoms with Crippen LogP contribution >= 0.6 is 15.9 Å². The van der Waals surface area contributed by atoms with E-state index in [1.165, 1.54) is 31.4 Å². The molecule has 0 amide bonds. The molecular weight excluding hydrogens is 318 g/mol. The number of aliphatic hydroxyl groups is 1. The Morgan fingerprint density at radius 2 is 1.95 bits per heavy atom. The monoisotopic (exact) mass is 328 g/mol. The number of rotatable bonds is 3. The molecule has 0 aliphatic rings. The highest BCUT2D eigenvalue weighted by Gasteiger charge is 2.18. The van der Waals surface area contributed by atoms with Gasteiger partial charge in [0.15, 0.2) is 11.6 Å². The fourth-order valence-electron chi connectivity index (χ4n) is 1.81. The van der Waals surface area contributed by atoms with Crippen molar-refractivity contribution < 1.29 is 18.6 Å². The topological polar surface area (TPSA) is 29.5 Å². The number of halogens is 3. The third kappa shape index (κ3) is 2.93. The summed E-state index contributed by atoms with van der Waals surface area (Å²) in [5.74, 6) is -1.13. The molecule has 0 aliphatic carbocycles. The molecule has 0 fully saturated rings. The van der Waals surface area contributed by atoms with Crippen molar-refractivity contribution in [3.8, 4) is 5.75 Å². The van der Waals surface area contributed by atoms with Crippen LogP contribution in [-0.2, 0) is 0 Å². The lowest BCUT2D eigenvalue weighted by Crippen LogP contribution is -2.04. The summed E-state index contributed by atoms with van der Waals surface area (Å²) in [6.07, 6.45) is -1.26. The van der Waals surface area contributed by atoms with Gasteiger partial charge in [0.2, 0.25) is 0 Å². The third-order valence-corrected chi connectivity index (χ3v) is 3.17. The molecular formula is C14H11BrF2O2. The van der Waals surface area contributed by atoms with Crippen LogP contribution in [0, 0.1) is 11.6 Å². The molecule has 1 unspecified atom stereocenters. The van der Waals surface area contributed by atoms with E-state index in [1.54, 1.807) is 6.07 Å². The first-order chi connectivity index (χ1) is 9.02. The maximum Gasteiger partial charge on any atom is 0.171 e. The van der Waals surface area contributed by atoms with Crippen molar-refractivity contribution in [3.63, 3.8) is 0 Å². The van der Waals surface area contributed by atoms with Gasteiger partial charge in [-0.3, -0.25) is 0 Å². The Hall–Kier alpha value is -1.46. The van der Waals surface area contributed by atoms with E-state index in [2.05, 4.69) is 15.9 Å². The summed E-state index contributed by atoms with van der Waals surface area (Å²) < 4.78 is 32.6. The van der Waals surface area contributed by atoms with Crippen LogP contribution < -0.4 is 4.74 Å². The zero-order chi connectivity index (χ0) is 14.0. The Morgan fingerprint density at radius 3 is 2.58 bits per heavy atom. The fraction of sp³-hybridized carbons (Fsp3) is 0.143. The number of hydrogen-bond acceptors (Lipinski definition) is 2. The Balaban J connectivity index is 2.46. The molecule has 0 radical (unpaired) electrons. The summed E-state index contributed by atoms with van der Waals surface area (Å²) in [7, 11) is 1.34. The van der Waals surface area contributed by atoms with Gasteiger partial charge in [-0.25, -0.2) is 8.78 Å². The molecule has 0 saturated carbocycles. The van der Waals surface area contributed by atoms with Crippen LogP contribution in [0.5, 0.6) is 5.75 Å². The van der Waals surface area contributed by atoms with E-state index in [-0.39, 0.29) is 16.9 Å². The number of hydrogen-bond donors (Lipinski definition) is 1. The maximum absolute atomic E-state index is 14.0. The SMILES string of the molecule is COc1cccc(C(O)c2cc(F)cc(Br)c2)c1F. The van der Waals surface area contributed by atoms with E-state index in [0.717, 1.165) is 6.07 Å². The Morgan fingerprint density at radius 1 is 1.21 bits per heavy atom. The van der Waals surface area contributed by atoms with E-state index in [4.69, 9.17) is 4.74 Å². The number of aliphatic hydroxyl groups excluding tert-OH is 1. The summed E-state index contributed by atoms with van der Waals surface area (Å²) in [4.78, 5) is 0. The summed E-state index contributed by atoms with van der Waals surface area (Å²) in [6, 6.07) is 8.41. The molecule has 1 N–H and O–H groups in total. The second-order valence-corrected chi connectivity index (χ2v) is 4.88. The Kier molecular flexibility index (Phi) is 4.17. The molecule has 0 spiro atoms. The van der Waals surface area contributed by atoms with E-state index >= 15 is 0 Å². The lowest BCUT2D eigenvalue weighted by Gasteiger charge is -2.14. The van der Waals surface area contributed by atoms with E-state index < -0.39 is 17.7 Å². The first kappa shape index (κ1) is 14.0. The summed E-state index contributed by atoms with van der Waals surface area (Å²) >= 11 is 3.13. The van der Waals surface area contributed by atoms with Gasteiger partial charge in [-0.15, -0.1) is 0 Å². The fourth-order valence-corrected chi connectivity index (χ4v) is 2.29. The van der Waals surface area contributed by atoms with Crippen molar-refractivity contribution in [2.75, 3.05) is 7.11 Å². The molecule has 1 atom stereocenters. The first-order valence-electron chi connectivity index (χ1n) is 5.49. The van der Waals surface area contributed by atoms with Crippen molar-refractivity contribution in [3.05, 3.63) is 63.6 Å². The minimum atomic E-state index is -1.26. The average molecular weight is 329 g/mol. The van der Waals surface area contributed by atoms with Gasteiger partial charge in [0, 0.05) is 10.0 Å². The average Bonchev–Trinajstić information content (AvgIpc) is 2.37. The van der Waals surface area contributed by atoms with Crippen molar-refractivity contribution in [1.82, 2.24) is 0 Å². The van der Waals surface area contributed by atoms with Gasteiger partial charge in [0.25, 0.3) is 0 Å². The van der Waals surface area contributed by atoms with Crippen LogP contribution in [0.15, 0.2) is 40.9 Å². The maximum atomic E-state index is 14.0. The standard InChI is InChI=1S/C14H11BrF2O2/c1-19-12-4-2-3-11(13(12)17)14(18)8-5-9(15)7-10(16)6-8/h2-7,14,18H,1H3.